The van der Waals surface area contributed by atoms with E-state index in [1.807, 2.05) is 77.5 Å². The fourth-order valence-corrected chi connectivity index (χ4v) is 4.42. The number of rotatable bonds is 4. The van der Waals surface area contributed by atoms with Crippen molar-refractivity contribution in [3.05, 3.63) is 97.3 Å². The van der Waals surface area contributed by atoms with Gasteiger partial charge < -0.3 is 4.40 Å². The first-order chi connectivity index (χ1) is 14.1. The monoisotopic (exact) mass is 399 g/mol. The number of benzene rings is 3. The van der Waals surface area contributed by atoms with Gasteiger partial charge in [-0.2, -0.15) is 0 Å². The van der Waals surface area contributed by atoms with Crippen LogP contribution in [0, 0.1) is 0 Å². The van der Waals surface area contributed by atoms with E-state index in [2.05, 4.69) is 9.71 Å². The van der Waals surface area contributed by atoms with Crippen LogP contribution in [0.1, 0.15) is 0 Å². The quantitative estimate of drug-likeness (QED) is 0.465. The Morgan fingerprint density at radius 3 is 2.34 bits per heavy atom. The summed E-state index contributed by atoms with van der Waals surface area (Å²) < 4.78 is 30.2. The maximum absolute atomic E-state index is 12.8. The Kier molecular flexibility index (Phi) is 4.07. The first-order valence-corrected chi connectivity index (χ1v) is 10.6. The molecule has 0 atom stereocenters. The lowest BCUT2D eigenvalue weighted by Gasteiger charge is -2.09. The van der Waals surface area contributed by atoms with Gasteiger partial charge in [-0.1, -0.05) is 48.5 Å². The van der Waals surface area contributed by atoms with Crippen molar-refractivity contribution >= 4 is 32.1 Å². The molecule has 5 aromatic rings. The fourth-order valence-electron chi connectivity index (χ4n) is 3.33. The molecule has 0 saturated heterocycles. The number of anilines is 1. The van der Waals surface area contributed by atoms with Crippen LogP contribution in [-0.4, -0.2) is 17.8 Å². The highest BCUT2D eigenvalue weighted by Crippen LogP contribution is 2.24. The Labute approximate surface area is 168 Å². The Hall–Kier alpha value is -3.64. The average molecular weight is 399 g/mol. The van der Waals surface area contributed by atoms with Crippen LogP contribution in [0.4, 0.5) is 5.69 Å². The van der Waals surface area contributed by atoms with Gasteiger partial charge in [-0.25, -0.2) is 13.4 Å². The molecule has 0 amide bonds. The first kappa shape index (κ1) is 17.5. The van der Waals surface area contributed by atoms with Crippen molar-refractivity contribution in [1.82, 2.24) is 9.38 Å². The molecule has 0 fully saturated rings. The van der Waals surface area contributed by atoms with Crippen molar-refractivity contribution in [3.8, 4) is 11.3 Å². The van der Waals surface area contributed by atoms with Crippen LogP contribution < -0.4 is 4.72 Å². The van der Waals surface area contributed by atoms with Gasteiger partial charge in [0.05, 0.1) is 10.6 Å². The van der Waals surface area contributed by atoms with E-state index in [0.717, 1.165) is 27.7 Å². The zero-order valence-electron chi connectivity index (χ0n) is 15.4. The molecule has 5 nitrogen and oxygen atoms in total. The minimum Gasteiger partial charge on any atom is -0.306 e. The summed E-state index contributed by atoms with van der Waals surface area (Å²) in [5, 5.41) is 1.89. The summed E-state index contributed by atoms with van der Waals surface area (Å²) in [4.78, 5) is 4.82. The highest BCUT2D eigenvalue weighted by atomic mass is 32.2. The molecule has 0 aliphatic rings. The van der Waals surface area contributed by atoms with Gasteiger partial charge in [0.1, 0.15) is 5.65 Å². The van der Waals surface area contributed by atoms with Gasteiger partial charge in [0.2, 0.25) is 0 Å². The molecule has 0 spiro atoms. The number of sulfonamides is 1. The van der Waals surface area contributed by atoms with Gasteiger partial charge in [0.15, 0.2) is 0 Å². The maximum atomic E-state index is 12.8. The minimum absolute atomic E-state index is 0.237. The molecular weight excluding hydrogens is 382 g/mol. The number of aromatic nitrogens is 2. The highest BCUT2D eigenvalue weighted by molar-refractivity contribution is 7.92. The number of nitrogens with one attached hydrogen (secondary N) is 1. The summed E-state index contributed by atoms with van der Waals surface area (Å²) in [5.74, 6) is 0. The molecule has 2 heterocycles. The van der Waals surface area contributed by atoms with Crippen molar-refractivity contribution in [2.45, 2.75) is 4.90 Å². The van der Waals surface area contributed by atoms with Crippen molar-refractivity contribution in [2.75, 3.05) is 4.72 Å². The molecular formula is C23H17N3O2S. The summed E-state index contributed by atoms with van der Waals surface area (Å²) in [7, 11) is -3.67. The van der Waals surface area contributed by atoms with Crippen LogP contribution in [0.3, 0.4) is 0 Å². The molecule has 0 aliphatic heterocycles. The standard InChI is InChI=1S/C23H17N3O2S/c27-29(28,21-13-10-17-5-1-2-6-19(17)15-21)25-20-11-8-18(9-12-20)22-16-26-14-4-3-7-23(26)24-22/h1-16,25H. The number of hydrogen-bond acceptors (Lipinski definition) is 3. The molecule has 142 valence electrons. The van der Waals surface area contributed by atoms with E-state index in [0.29, 0.717) is 5.69 Å². The van der Waals surface area contributed by atoms with E-state index < -0.39 is 10.0 Å². The highest BCUT2D eigenvalue weighted by Gasteiger charge is 2.15. The number of hydrogen-bond donors (Lipinski definition) is 1. The van der Waals surface area contributed by atoms with Crippen LogP contribution in [-0.2, 0) is 10.0 Å². The zero-order chi connectivity index (χ0) is 19.8. The van der Waals surface area contributed by atoms with E-state index in [4.69, 9.17) is 0 Å². The van der Waals surface area contributed by atoms with Crippen molar-refractivity contribution in [2.24, 2.45) is 0 Å². The molecule has 5 rings (SSSR count). The topological polar surface area (TPSA) is 63.5 Å². The predicted molar refractivity (Wildman–Crippen MR) is 115 cm³/mol. The van der Waals surface area contributed by atoms with Crippen molar-refractivity contribution in [3.63, 3.8) is 0 Å². The summed E-state index contributed by atoms with van der Waals surface area (Å²) in [6.07, 6.45) is 3.89. The van der Waals surface area contributed by atoms with E-state index in [-0.39, 0.29) is 4.90 Å². The summed E-state index contributed by atoms with van der Waals surface area (Å²) in [5.41, 5.74) is 3.12. The van der Waals surface area contributed by atoms with Gasteiger partial charge in [-0.15, -0.1) is 0 Å². The van der Waals surface area contributed by atoms with E-state index in [1.165, 1.54) is 0 Å². The largest absolute Gasteiger partial charge is 0.306 e. The normalized spacial score (nSPS) is 11.7. The summed E-state index contributed by atoms with van der Waals surface area (Å²) in [6, 6.07) is 25.8. The lowest BCUT2D eigenvalue weighted by atomic mass is 10.1. The van der Waals surface area contributed by atoms with E-state index in [1.54, 1.807) is 24.3 Å². The molecule has 0 unspecified atom stereocenters. The third-order valence-corrected chi connectivity index (χ3v) is 6.21. The zero-order valence-corrected chi connectivity index (χ0v) is 16.2. The van der Waals surface area contributed by atoms with Crippen LogP contribution in [0.15, 0.2) is 102 Å². The maximum Gasteiger partial charge on any atom is 0.261 e. The predicted octanol–water partition coefficient (Wildman–Crippen LogP) is 4.96. The smallest absolute Gasteiger partial charge is 0.261 e. The Balaban J connectivity index is 1.42. The number of pyridine rings is 1. The average Bonchev–Trinajstić information content (AvgIpc) is 3.18. The second-order valence-corrected chi connectivity index (χ2v) is 8.47. The first-order valence-electron chi connectivity index (χ1n) is 9.14. The van der Waals surface area contributed by atoms with Crippen LogP contribution in [0.2, 0.25) is 0 Å². The number of imidazole rings is 1. The molecule has 29 heavy (non-hydrogen) atoms. The molecule has 0 radical (unpaired) electrons. The Morgan fingerprint density at radius 2 is 1.55 bits per heavy atom. The molecule has 0 saturated carbocycles. The molecule has 2 aromatic heterocycles. The second kappa shape index (κ2) is 6.76. The van der Waals surface area contributed by atoms with Crippen LogP contribution in [0.5, 0.6) is 0 Å². The fraction of sp³-hybridized carbons (Fsp3) is 0. The van der Waals surface area contributed by atoms with Crippen molar-refractivity contribution < 1.29 is 8.42 Å². The van der Waals surface area contributed by atoms with Crippen LogP contribution in [0.25, 0.3) is 27.7 Å². The number of nitrogens with zero attached hydrogens (tertiary/aromatic N) is 2. The molecule has 3 aromatic carbocycles. The Bertz CT molecular complexity index is 1410. The molecule has 0 bridgehead atoms. The third-order valence-electron chi connectivity index (χ3n) is 4.83. The van der Waals surface area contributed by atoms with Gasteiger partial charge >= 0.3 is 0 Å². The summed E-state index contributed by atoms with van der Waals surface area (Å²) >= 11 is 0. The Morgan fingerprint density at radius 1 is 0.793 bits per heavy atom. The van der Waals surface area contributed by atoms with Gasteiger partial charge in [0.25, 0.3) is 10.0 Å². The third kappa shape index (κ3) is 3.34. The SMILES string of the molecule is O=S(=O)(Nc1ccc(-c2cn3ccccc3n2)cc1)c1ccc2ccccc2c1. The minimum atomic E-state index is -3.67. The molecule has 1 N–H and O–H groups in total. The summed E-state index contributed by atoms with van der Waals surface area (Å²) in [6.45, 7) is 0. The molecule has 0 aliphatic carbocycles. The molecule has 6 heteroatoms. The lowest BCUT2D eigenvalue weighted by Crippen LogP contribution is -2.12. The number of fused-ring (bicyclic) bond motifs is 2. The van der Waals surface area contributed by atoms with Gasteiger partial charge in [-0.05, 0) is 47.2 Å². The van der Waals surface area contributed by atoms with Gasteiger partial charge in [0, 0.05) is 23.6 Å². The van der Waals surface area contributed by atoms with E-state index in [9.17, 15) is 8.42 Å². The van der Waals surface area contributed by atoms with Crippen molar-refractivity contribution in [1.29, 1.82) is 0 Å². The lowest BCUT2D eigenvalue weighted by molar-refractivity contribution is 0.601. The second-order valence-electron chi connectivity index (χ2n) is 6.78. The van der Waals surface area contributed by atoms with Crippen LogP contribution >= 0.6 is 0 Å². The van der Waals surface area contributed by atoms with Gasteiger partial charge in [-0.3, -0.25) is 4.72 Å². The van der Waals surface area contributed by atoms with E-state index >= 15 is 0 Å².